The lowest BCUT2D eigenvalue weighted by atomic mass is 9.70. The summed E-state index contributed by atoms with van der Waals surface area (Å²) in [5, 5.41) is 29.8. The number of ether oxygens (including phenoxy) is 1. The topological polar surface area (TPSA) is 87.0 Å². The maximum atomic E-state index is 10.9. The Labute approximate surface area is 229 Å². The second-order valence-electron chi connectivity index (χ2n) is 10.6. The van der Waals surface area contributed by atoms with Crippen LogP contribution in [0.1, 0.15) is 107 Å². The van der Waals surface area contributed by atoms with E-state index in [0.29, 0.717) is 12.2 Å². The van der Waals surface area contributed by atoms with Gasteiger partial charge in [-0.1, -0.05) is 83.0 Å². The molecule has 0 aromatic heterocycles. The molecular weight excluding hydrogens is 476 g/mol. The number of carbonyl (C=O) groups is 1. The van der Waals surface area contributed by atoms with Crippen molar-refractivity contribution in [3.8, 4) is 5.75 Å². The molecule has 0 saturated carbocycles. The van der Waals surface area contributed by atoms with Crippen molar-refractivity contribution in [2.24, 2.45) is 0 Å². The first-order valence-corrected chi connectivity index (χ1v) is 14.2. The lowest BCUT2D eigenvalue weighted by Crippen LogP contribution is -2.26. The number of benzene rings is 2. The highest BCUT2D eigenvalue weighted by molar-refractivity contribution is 5.66. The molecule has 38 heavy (non-hydrogen) atoms. The lowest BCUT2D eigenvalue weighted by Gasteiger charge is -2.34. The highest BCUT2D eigenvalue weighted by atomic mass is 16.5. The van der Waals surface area contributed by atoms with Crippen molar-refractivity contribution in [2.45, 2.75) is 110 Å². The summed E-state index contributed by atoms with van der Waals surface area (Å²) in [4.78, 5) is 10.7. The van der Waals surface area contributed by atoms with Crippen molar-refractivity contribution in [3.05, 3.63) is 70.3 Å². The molecule has 2 aromatic rings. The summed E-state index contributed by atoms with van der Waals surface area (Å²) in [6.07, 6.45) is 8.77. The first kappa shape index (κ1) is 31.6. The summed E-state index contributed by atoms with van der Waals surface area (Å²) >= 11 is 0. The summed E-state index contributed by atoms with van der Waals surface area (Å²) in [6.45, 7) is 12.8. The van der Waals surface area contributed by atoms with Crippen LogP contribution < -0.4 is 4.74 Å². The van der Waals surface area contributed by atoms with E-state index >= 15 is 0 Å². The molecule has 0 heterocycles. The van der Waals surface area contributed by atoms with Crippen molar-refractivity contribution in [1.82, 2.24) is 0 Å². The van der Waals surface area contributed by atoms with E-state index in [1.54, 1.807) is 0 Å². The van der Waals surface area contributed by atoms with Gasteiger partial charge in [-0.05, 0) is 79.8 Å². The van der Waals surface area contributed by atoms with Gasteiger partial charge in [-0.3, -0.25) is 4.79 Å². The van der Waals surface area contributed by atoms with Gasteiger partial charge in [-0.2, -0.15) is 0 Å². The third kappa shape index (κ3) is 8.18. The van der Waals surface area contributed by atoms with Crippen molar-refractivity contribution in [3.63, 3.8) is 0 Å². The fourth-order valence-electron chi connectivity index (χ4n) is 5.17. The summed E-state index contributed by atoms with van der Waals surface area (Å²) in [7, 11) is 0. The van der Waals surface area contributed by atoms with Crippen LogP contribution in [-0.2, 0) is 10.2 Å². The predicted molar refractivity (Wildman–Crippen MR) is 156 cm³/mol. The van der Waals surface area contributed by atoms with Gasteiger partial charge in [0, 0.05) is 11.8 Å². The van der Waals surface area contributed by atoms with Gasteiger partial charge in [0.25, 0.3) is 0 Å². The second-order valence-corrected chi connectivity index (χ2v) is 10.6. The van der Waals surface area contributed by atoms with Gasteiger partial charge in [0.15, 0.2) is 0 Å². The van der Waals surface area contributed by atoms with Gasteiger partial charge < -0.3 is 20.1 Å². The molecule has 5 heteroatoms. The molecule has 0 aliphatic rings. The highest BCUT2D eigenvalue weighted by Crippen LogP contribution is 2.41. The average Bonchev–Trinajstić information content (AvgIpc) is 2.90. The van der Waals surface area contributed by atoms with Crippen LogP contribution in [0.2, 0.25) is 0 Å². The molecule has 3 N–H and O–H groups in total. The SMILES string of the molecule is CCCCC(O)(/C=C/c1ccc(C(CC)(CC)c2ccc(OC[C@@H](O)CCC(=O)O)c(C)c2)cc1C)CC. The maximum absolute atomic E-state index is 10.9. The van der Waals surface area contributed by atoms with Crippen LogP contribution in [0.25, 0.3) is 6.08 Å². The van der Waals surface area contributed by atoms with Crippen LogP contribution in [0.4, 0.5) is 0 Å². The number of aryl methyl sites for hydroxylation is 2. The Balaban J connectivity index is 2.29. The van der Waals surface area contributed by atoms with Gasteiger partial charge in [-0.15, -0.1) is 0 Å². The number of carboxylic acid groups (broad SMARTS) is 1. The molecule has 0 aliphatic heterocycles. The molecule has 210 valence electrons. The smallest absolute Gasteiger partial charge is 0.303 e. The van der Waals surface area contributed by atoms with E-state index in [1.165, 1.54) is 16.7 Å². The lowest BCUT2D eigenvalue weighted by molar-refractivity contribution is -0.137. The molecule has 2 rings (SSSR count). The predicted octanol–water partition coefficient (Wildman–Crippen LogP) is 7.36. The van der Waals surface area contributed by atoms with Gasteiger partial charge in [-0.25, -0.2) is 0 Å². The van der Waals surface area contributed by atoms with Crippen LogP contribution in [-0.4, -0.2) is 39.6 Å². The highest BCUT2D eigenvalue weighted by Gasteiger charge is 2.31. The summed E-state index contributed by atoms with van der Waals surface area (Å²) in [5.74, 6) is -0.221. The minimum absolute atomic E-state index is 0.0694. The van der Waals surface area contributed by atoms with E-state index in [2.05, 4.69) is 64.1 Å². The Hall–Kier alpha value is -2.63. The molecule has 2 atom stereocenters. The van der Waals surface area contributed by atoms with Gasteiger partial charge in [0.05, 0.1) is 11.7 Å². The van der Waals surface area contributed by atoms with Crippen LogP contribution in [0.15, 0.2) is 42.5 Å². The average molecular weight is 525 g/mol. The Kier molecular flexibility index (Phi) is 12.1. The van der Waals surface area contributed by atoms with E-state index in [0.717, 1.165) is 43.2 Å². The normalized spacial score (nSPS) is 14.4. The zero-order valence-electron chi connectivity index (χ0n) is 24.2. The van der Waals surface area contributed by atoms with E-state index < -0.39 is 17.7 Å². The summed E-state index contributed by atoms with van der Waals surface area (Å²) in [6, 6.07) is 12.9. The third-order valence-corrected chi connectivity index (χ3v) is 8.03. The zero-order valence-corrected chi connectivity index (χ0v) is 24.2. The fourth-order valence-corrected chi connectivity index (χ4v) is 5.17. The van der Waals surface area contributed by atoms with Crippen LogP contribution in [0.3, 0.4) is 0 Å². The molecule has 0 aliphatic carbocycles. The molecule has 0 amide bonds. The van der Waals surface area contributed by atoms with Crippen molar-refractivity contribution >= 4 is 12.0 Å². The summed E-state index contributed by atoms with van der Waals surface area (Å²) in [5.41, 5.74) is 4.88. The molecule has 1 unspecified atom stereocenters. The largest absolute Gasteiger partial charge is 0.491 e. The minimum atomic E-state index is -0.922. The first-order valence-electron chi connectivity index (χ1n) is 14.2. The Morgan fingerprint density at radius 2 is 1.61 bits per heavy atom. The van der Waals surface area contributed by atoms with Gasteiger partial charge in [0.2, 0.25) is 0 Å². The number of carboxylic acids is 1. The van der Waals surface area contributed by atoms with E-state index in [-0.39, 0.29) is 24.9 Å². The number of hydrogen-bond acceptors (Lipinski definition) is 4. The molecule has 2 aromatic carbocycles. The van der Waals surface area contributed by atoms with Crippen LogP contribution in [0, 0.1) is 13.8 Å². The molecule has 0 saturated heterocycles. The van der Waals surface area contributed by atoms with Crippen molar-refractivity contribution < 1.29 is 24.9 Å². The molecule has 5 nitrogen and oxygen atoms in total. The molecule has 0 fully saturated rings. The standard InChI is InChI=1S/C33H48O5/c1-7-11-19-32(37,8-2)20-18-26-12-13-27(21-24(26)5)33(9-3,10-4)28-14-16-30(25(6)22-28)38-23-29(34)15-17-31(35)36/h12-14,16,18,20-22,29,34,37H,7-11,15,17,19,23H2,1-6H3,(H,35,36)/b20-18+/t29-,32?/m0/s1. The van der Waals surface area contributed by atoms with E-state index in [1.807, 2.05) is 26.0 Å². The number of aliphatic hydroxyl groups excluding tert-OH is 1. The summed E-state index contributed by atoms with van der Waals surface area (Å²) < 4.78 is 5.82. The quantitative estimate of drug-likeness (QED) is 0.214. The fraction of sp³-hybridized carbons (Fsp3) is 0.545. The molecular formula is C33H48O5. The minimum Gasteiger partial charge on any atom is -0.491 e. The van der Waals surface area contributed by atoms with Crippen LogP contribution in [0.5, 0.6) is 5.75 Å². The van der Waals surface area contributed by atoms with Crippen LogP contribution >= 0.6 is 0 Å². The molecule has 0 bridgehead atoms. The number of aliphatic carboxylic acids is 1. The van der Waals surface area contributed by atoms with Crippen molar-refractivity contribution in [2.75, 3.05) is 6.61 Å². The molecule has 0 spiro atoms. The zero-order chi connectivity index (χ0) is 28.3. The number of hydrogen-bond donors (Lipinski definition) is 3. The monoisotopic (exact) mass is 524 g/mol. The number of rotatable bonds is 16. The Morgan fingerprint density at radius 3 is 2.13 bits per heavy atom. The van der Waals surface area contributed by atoms with Crippen molar-refractivity contribution in [1.29, 1.82) is 0 Å². The Bertz CT molecular complexity index is 1070. The second kappa shape index (κ2) is 14.5. The van der Waals surface area contributed by atoms with E-state index in [4.69, 9.17) is 9.84 Å². The number of unbranched alkanes of at least 4 members (excludes halogenated alkanes) is 1. The molecule has 0 radical (unpaired) electrons. The van der Waals surface area contributed by atoms with E-state index in [9.17, 15) is 15.0 Å². The first-order chi connectivity index (χ1) is 18.0. The number of aliphatic hydroxyl groups is 2. The van der Waals surface area contributed by atoms with Gasteiger partial charge >= 0.3 is 5.97 Å². The van der Waals surface area contributed by atoms with Gasteiger partial charge in [0.1, 0.15) is 12.4 Å². The Morgan fingerprint density at radius 1 is 0.974 bits per heavy atom. The maximum Gasteiger partial charge on any atom is 0.303 e. The third-order valence-electron chi connectivity index (χ3n) is 8.03.